The summed E-state index contributed by atoms with van der Waals surface area (Å²) in [4.78, 5) is 42.5. The van der Waals surface area contributed by atoms with Crippen molar-refractivity contribution in [2.24, 2.45) is 5.41 Å². The SMILES string of the molecule is CC1(C(=O)ON2C(=O)c3c(Cl)c(Cl)c(Cl)c(Cl)c3C2=O)CCC(F)(F)CC1. The first-order chi connectivity index (χ1) is 12.4. The van der Waals surface area contributed by atoms with E-state index in [4.69, 9.17) is 51.2 Å². The number of halogens is 6. The minimum atomic E-state index is -2.86. The fourth-order valence-electron chi connectivity index (χ4n) is 2.98. The number of imide groups is 1. The summed E-state index contributed by atoms with van der Waals surface area (Å²) in [5, 5.41) is -0.853. The summed E-state index contributed by atoms with van der Waals surface area (Å²) in [7, 11) is 0. The van der Waals surface area contributed by atoms with Crippen LogP contribution >= 0.6 is 46.4 Å². The van der Waals surface area contributed by atoms with Gasteiger partial charge in [0, 0.05) is 12.8 Å². The fourth-order valence-corrected chi connectivity index (χ4v) is 3.99. The number of hydrogen-bond acceptors (Lipinski definition) is 4. The van der Waals surface area contributed by atoms with Crippen LogP contribution in [0.5, 0.6) is 0 Å². The zero-order valence-corrected chi connectivity index (χ0v) is 16.7. The first-order valence-corrected chi connectivity index (χ1v) is 9.26. The Hall–Kier alpha value is -1.15. The Morgan fingerprint density at radius 3 is 1.70 bits per heavy atom. The Labute approximate surface area is 172 Å². The molecular weight excluding hydrogens is 450 g/mol. The number of alkyl halides is 2. The van der Waals surface area contributed by atoms with Gasteiger partial charge in [0.15, 0.2) is 0 Å². The Balaban J connectivity index is 1.88. The van der Waals surface area contributed by atoms with Gasteiger partial charge in [-0.2, -0.15) is 0 Å². The van der Waals surface area contributed by atoms with Crippen molar-refractivity contribution < 1.29 is 28.0 Å². The molecule has 0 saturated heterocycles. The number of amides is 2. The van der Waals surface area contributed by atoms with Gasteiger partial charge < -0.3 is 4.84 Å². The number of carbonyl (C=O) groups is 3. The number of rotatable bonds is 2. The van der Waals surface area contributed by atoms with Gasteiger partial charge in [0.05, 0.1) is 36.6 Å². The summed E-state index contributed by atoms with van der Waals surface area (Å²) in [5.41, 5.74) is -1.94. The molecule has 1 fully saturated rings. The Kier molecular flexibility index (Phi) is 5.13. The first kappa shape index (κ1) is 20.6. The third-order valence-corrected chi connectivity index (χ3v) is 6.62. The normalized spacial score (nSPS) is 20.6. The average Bonchev–Trinajstić information content (AvgIpc) is 2.85. The van der Waals surface area contributed by atoms with Crippen LogP contribution in [0.3, 0.4) is 0 Å². The summed E-state index contributed by atoms with van der Waals surface area (Å²) in [6.07, 6.45) is -1.30. The zero-order chi connectivity index (χ0) is 20.3. The van der Waals surface area contributed by atoms with Gasteiger partial charge in [-0.25, -0.2) is 13.6 Å². The molecule has 1 aliphatic carbocycles. The average molecular weight is 461 g/mol. The number of carbonyl (C=O) groups excluding carboxylic acids is 3. The predicted molar refractivity (Wildman–Crippen MR) is 94.6 cm³/mol. The highest BCUT2D eigenvalue weighted by Gasteiger charge is 2.49. The molecule has 27 heavy (non-hydrogen) atoms. The van der Waals surface area contributed by atoms with Crippen LogP contribution in [0.1, 0.15) is 53.3 Å². The lowest BCUT2D eigenvalue weighted by atomic mass is 9.74. The van der Waals surface area contributed by atoms with Crippen molar-refractivity contribution >= 4 is 64.2 Å². The van der Waals surface area contributed by atoms with E-state index in [1.807, 2.05) is 0 Å². The number of nitrogens with zero attached hydrogens (tertiary/aromatic N) is 1. The molecule has 1 aromatic carbocycles. The minimum Gasteiger partial charge on any atom is -0.329 e. The molecular formula is C16H11Cl4F2NO4. The van der Waals surface area contributed by atoms with E-state index < -0.39 is 42.0 Å². The highest BCUT2D eigenvalue weighted by molar-refractivity contribution is 6.55. The van der Waals surface area contributed by atoms with Crippen LogP contribution in [0.2, 0.25) is 20.1 Å². The van der Waals surface area contributed by atoms with E-state index in [-0.39, 0.29) is 49.1 Å². The molecule has 0 atom stereocenters. The molecule has 146 valence electrons. The third-order valence-electron chi connectivity index (χ3n) is 4.82. The zero-order valence-electron chi connectivity index (χ0n) is 13.7. The molecule has 3 rings (SSSR count). The lowest BCUT2D eigenvalue weighted by molar-refractivity contribution is -0.186. The van der Waals surface area contributed by atoms with Crippen molar-refractivity contribution in [3.63, 3.8) is 0 Å². The van der Waals surface area contributed by atoms with Crippen LogP contribution in [-0.2, 0) is 9.63 Å². The van der Waals surface area contributed by atoms with Crippen molar-refractivity contribution in [2.45, 2.75) is 38.5 Å². The van der Waals surface area contributed by atoms with Crippen molar-refractivity contribution in [1.82, 2.24) is 5.06 Å². The van der Waals surface area contributed by atoms with Crippen molar-refractivity contribution in [2.75, 3.05) is 0 Å². The smallest absolute Gasteiger partial charge is 0.329 e. The van der Waals surface area contributed by atoms with Crippen molar-refractivity contribution in [3.05, 3.63) is 31.2 Å². The molecule has 1 aromatic rings. The molecule has 0 unspecified atom stereocenters. The number of benzene rings is 1. The highest BCUT2D eigenvalue weighted by Crippen LogP contribution is 2.47. The second kappa shape index (κ2) is 6.72. The van der Waals surface area contributed by atoms with Gasteiger partial charge in [0.1, 0.15) is 0 Å². The Bertz CT molecular complexity index is 833. The number of fused-ring (bicyclic) bond motifs is 1. The quantitative estimate of drug-likeness (QED) is 0.328. The molecule has 0 aromatic heterocycles. The van der Waals surface area contributed by atoms with Crippen LogP contribution in [0, 0.1) is 5.41 Å². The number of hydrogen-bond donors (Lipinski definition) is 0. The molecule has 0 radical (unpaired) electrons. The van der Waals surface area contributed by atoms with Crippen molar-refractivity contribution in [3.8, 4) is 0 Å². The second-order valence-corrected chi connectivity index (χ2v) is 8.22. The van der Waals surface area contributed by atoms with Gasteiger partial charge in [-0.15, -0.1) is 0 Å². The van der Waals surface area contributed by atoms with Crippen LogP contribution in [-0.4, -0.2) is 28.8 Å². The molecule has 0 bridgehead atoms. The first-order valence-electron chi connectivity index (χ1n) is 7.74. The molecule has 5 nitrogen and oxygen atoms in total. The lowest BCUT2D eigenvalue weighted by Crippen LogP contribution is -2.42. The fraction of sp³-hybridized carbons (Fsp3) is 0.438. The topological polar surface area (TPSA) is 63.7 Å². The van der Waals surface area contributed by atoms with E-state index in [0.29, 0.717) is 0 Å². The number of hydroxylamine groups is 2. The van der Waals surface area contributed by atoms with E-state index >= 15 is 0 Å². The van der Waals surface area contributed by atoms with Gasteiger partial charge in [-0.05, 0) is 19.8 Å². The lowest BCUT2D eigenvalue weighted by Gasteiger charge is -2.35. The highest BCUT2D eigenvalue weighted by atomic mass is 35.5. The maximum atomic E-state index is 13.4. The van der Waals surface area contributed by atoms with Gasteiger partial charge in [0.25, 0.3) is 11.8 Å². The van der Waals surface area contributed by atoms with E-state index in [0.717, 1.165) is 0 Å². The maximum Gasteiger partial charge on any atom is 0.339 e. The molecule has 11 heteroatoms. The van der Waals surface area contributed by atoms with Gasteiger partial charge in [0.2, 0.25) is 5.92 Å². The Morgan fingerprint density at radius 1 is 0.889 bits per heavy atom. The minimum absolute atomic E-state index is 0.152. The molecule has 1 saturated carbocycles. The molecule has 1 aliphatic heterocycles. The third kappa shape index (κ3) is 3.28. The summed E-state index contributed by atoms with van der Waals surface area (Å²) in [5.74, 6) is -5.92. The van der Waals surface area contributed by atoms with Gasteiger partial charge >= 0.3 is 5.97 Å². The van der Waals surface area contributed by atoms with Crippen LogP contribution in [0.15, 0.2) is 0 Å². The summed E-state index contributed by atoms with van der Waals surface area (Å²) in [6, 6.07) is 0. The Morgan fingerprint density at radius 2 is 1.30 bits per heavy atom. The molecule has 1 heterocycles. The van der Waals surface area contributed by atoms with Crippen LogP contribution < -0.4 is 0 Å². The van der Waals surface area contributed by atoms with E-state index in [9.17, 15) is 23.2 Å². The van der Waals surface area contributed by atoms with E-state index in [2.05, 4.69) is 0 Å². The standard InChI is InChI=1S/C16H11Cl4F2NO4/c1-15(2-4-16(21,22)5-3-15)14(26)27-23-12(24)6-7(13(23)25)9(18)11(20)10(19)8(6)17/h2-5H2,1H3. The predicted octanol–water partition coefficient (Wildman–Crippen LogP) is 5.57. The summed E-state index contributed by atoms with van der Waals surface area (Å²) in [6.45, 7) is 1.44. The second-order valence-electron chi connectivity index (χ2n) is 6.71. The molecule has 0 N–H and O–H groups in total. The summed E-state index contributed by atoms with van der Waals surface area (Å²) >= 11 is 23.8. The molecule has 2 aliphatic rings. The van der Waals surface area contributed by atoms with Crippen LogP contribution in [0.4, 0.5) is 8.78 Å². The van der Waals surface area contributed by atoms with E-state index in [1.165, 1.54) is 6.92 Å². The van der Waals surface area contributed by atoms with Crippen molar-refractivity contribution in [1.29, 1.82) is 0 Å². The largest absolute Gasteiger partial charge is 0.339 e. The van der Waals surface area contributed by atoms with Gasteiger partial charge in [-0.3, -0.25) is 9.59 Å². The maximum absolute atomic E-state index is 13.4. The van der Waals surface area contributed by atoms with Gasteiger partial charge in [-0.1, -0.05) is 51.5 Å². The summed E-state index contributed by atoms with van der Waals surface area (Å²) < 4.78 is 26.7. The monoisotopic (exact) mass is 459 g/mol. The molecule has 2 amide bonds. The molecule has 0 spiro atoms. The van der Waals surface area contributed by atoms with E-state index in [1.54, 1.807) is 0 Å². The van der Waals surface area contributed by atoms with Crippen LogP contribution in [0.25, 0.3) is 0 Å².